The number of carbonyl (C=O) groups excluding carboxylic acids is 2. The van der Waals surface area contributed by atoms with E-state index < -0.39 is 6.04 Å². The lowest BCUT2D eigenvalue weighted by Crippen LogP contribution is -2.49. The number of halogens is 2. The zero-order valence-corrected chi connectivity index (χ0v) is 18.5. The molecule has 0 unspecified atom stereocenters. The molecule has 0 saturated heterocycles. The first kappa shape index (κ1) is 23.2. The number of rotatable bonds is 10. The van der Waals surface area contributed by atoms with Gasteiger partial charge in [0.15, 0.2) is 0 Å². The minimum Gasteiger partial charge on any atom is -0.354 e. The van der Waals surface area contributed by atoms with Gasteiger partial charge in [-0.15, -0.1) is 0 Å². The van der Waals surface area contributed by atoms with Crippen molar-refractivity contribution in [1.29, 1.82) is 0 Å². The van der Waals surface area contributed by atoms with Crippen molar-refractivity contribution < 1.29 is 9.59 Å². The Labute approximate surface area is 183 Å². The Morgan fingerprint density at radius 1 is 1.07 bits per heavy atom. The normalized spacial score (nSPS) is 11.7. The largest absolute Gasteiger partial charge is 0.354 e. The van der Waals surface area contributed by atoms with Gasteiger partial charge >= 0.3 is 0 Å². The van der Waals surface area contributed by atoms with Crippen LogP contribution < -0.4 is 5.32 Å². The molecule has 156 valence electrons. The van der Waals surface area contributed by atoms with Crippen LogP contribution >= 0.6 is 23.2 Å². The molecule has 1 atom stereocenters. The van der Waals surface area contributed by atoms with Crippen LogP contribution in [0.5, 0.6) is 0 Å². The average Bonchev–Trinajstić information content (AvgIpc) is 2.69. The molecule has 29 heavy (non-hydrogen) atoms. The third kappa shape index (κ3) is 7.06. The average molecular weight is 435 g/mol. The fraction of sp³-hybridized carbons (Fsp3) is 0.391. The van der Waals surface area contributed by atoms with Crippen LogP contribution in [0.2, 0.25) is 10.0 Å². The van der Waals surface area contributed by atoms with Crippen molar-refractivity contribution in [2.75, 3.05) is 6.54 Å². The van der Waals surface area contributed by atoms with E-state index in [-0.39, 0.29) is 24.8 Å². The molecule has 0 fully saturated rings. The van der Waals surface area contributed by atoms with Gasteiger partial charge in [0.2, 0.25) is 11.8 Å². The number of hydrogen-bond donors (Lipinski definition) is 1. The zero-order valence-electron chi connectivity index (χ0n) is 17.0. The van der Waals surface area contributed by atoms with Gasteiger partial charge < -0.3 is 10.2 Å². The van der Waals surface area contributed by atoms with Crippen LogP contribution in [0.15, 0.2) is 48.5 Å². The zero-order chi connectivity index (χ0) is 21.2. The molecule has 0 radical (unpaired) electrons. The monoisotopic (exact) mass is 434 g/mol. The summed E-state index contributed by atoms with van der Waals surface area (Å²) < 4.78 is 0. The molecule has 0 heterocycles. The molecule has 0 aliphatic carbocycles. The smallest absolute Gasteiger partial charge is 0.242 e. The summed E-state index contributed by atoms with van der Waals surface area (Å²) in [5.74, 6) is -0.267. The van der Waals surface area contributed by atoms with Crippen LogP contribution in [0.3, 0.4) is 0 Å². The van der Waals surface area contributed by atoms with Gasteiger partial charge in [-0.05, 0) is 42.2 Å². The second kappa shape index (κ2) is 11.8. The number of carbonyl (C=O) groups is 2. The topological polar surface area (TPSA) is 49.4 Å². The second-order valence-electron chi connectivity index (χ2n) is 6.99. The van der Waals surface area contributed by atoms with Crippen molar-refractivity contribution in [2.24, 2.45) is 0 Å². The summed E-state index contributed by atoms with van der Waals surface area (Å²) in [6, 6.07) is 14.1. The third-order valence-electron chi connectivity index (χ3n) is 4.76. The van der Waals surface area contributed by atoms with Crippen LogP contribution in [-0.4, -0.2) is 29.3 Å². The molecule has 2 amide bonds. The fourth-order valence-corrected chi connectivity index (χ4v) is 3.57. The number of hydrogen-bond acceptors (Lipinski definition) is 2. The Bertz CT molecular complexity index is 826. The highest BCUT2D eigenvalue weighted by Gasteiger charge is 2.28. The van der Waals surface area contributed by atoms with Gasteiger partial charge in [0, 0.05) is 23.1 Å². The van der Waals surface area contributed by atoms with Crippen LogP contribution in [0.4, 0.5) is 0 Å². The van der Waals surface area contributed by atoms with Crippen molar-refractivity contribution >= 4 is 35.0 Å². The van der Waals surface area contributed by atoms with Crippen molar-refractivity contribution in [3.63, 3.8) is 0 Å². The van der Waals surface area contributed by atoms with E-state index in [0.717, 1.165) is 24.0 Å². The molecule has 0 aliphatic heterocycles. The Morgan fingerprint density at radius 3 is 2.48 bits per heavy atom. The highest BCUT2D eigenvalue weighted by molar-refractivity contribution is 6.31. The second-order valence-corrected chi connectivity index (χ2v) is 7.83. The van der Waals surface area contributed by atoms with E-state index in [4.69, 9.17) is 23.2 Å². The molecule has 1 N–H and O–H groups in total. The standard InChI is InChI=1S/C23H28Cl2N2O2/c1-3-5-13-26-23(29)21(4-2)27(16-18-10-6-7-12-20(18)25)22(28)15-17-9-8-11-19(24)14-17/h6-12,14,21H,3-5,13,15-16H2,1-2H3,(H,26,29)/t21-/m1/s1. The van der Waals surface area contributed by atoms with Crippen LogP contribution in [0.25, 0.3) is 0 Å². The van der Waals surface area contributed by atoms with Crippen molar-refractivity contribution in [3.05, 3.63) is 69.7 Å². The van der Waals surface area contributed by atoms with Gasteiger partial charge in [-0.2, -0.15) is 0 Å². The number of nitrogens with zero attached hydrogens (tertiary/aromatic N) is 1. The molecule has 0 bridgehead atoms. The molecule has 0 saturated carbocycles. The summed E-state index contributed by atoms with van der Waals surface area (Å²) in [7, 11) is 0. The van der Waals surface area contributed by atoms with Crippen LogP contribution in [0.1, 0.15) is 44.2 Å². The summed E-state index contributed by atoms with van der Waals surface area (Å²) in [6.07, 6.45) is 2.59. The molecule has 4 nitrogen and oxygen atoms in total. The van der Waals surface area contributed by atoms with Gasteiger partial charge in [0.05, 0.1) is 6.42 Å². The maximum absolute atomic E-state index is 13.2. The Morgan fingerprint density at radius 2 is 1.83 bits per heavy atom. The first-order valence-electron chi connectivity index (χ1n) is 10.0. The van der Waals surface area contributed by atoms with Gasteiger partial charge in [-0.1, -0.05) is 73.8 Å². The Hall–Kier alpha value is -2.04. The maximum Gasteiger partial charge on any atom is 0.242 e. The summed E-state index contributed by atoms with van der Waals surface area (Å²) >= 11 is 12.4. The van der Waals surface area contributed by atoms with Crippen LogP contribution in [0, 0.1) is 0 Å². The predicted octanol–water partition coefficient (Wildman–Crippen LogP) is 5.26. The van der Waals surface area contributed by atoms with E-state index in [1.54, 1.807) is 23.1 Å². The molecular formula is C23H28Cl2N2O2. The highest BCUT2D eigenvalue weighted by atomic mass is 35.5. The summed E-state index contributed by atoms with van der Waals surface area (Å²) in [5, 5.41) is 4.12. The Kier molecular flexibility index (Phi) is 9.49. The third-order valence-corrected chi connectivity index (χ3v) is 5.36. The molecule has 0 spiro atoms. The minimum atomic E-state index is -0.560. The molecule has 6 heteroatoms. The first-order valence-corrected chi connectivity index (χ1v) is 10.8. The van der Waals surface area contributed by atoms with Gasteiger partial charge in [-0.25, -0.2) is 0 Å². The van der Waals surface area contributed by atoms with E-state index >= 15 is 0 Å². The lowest BCUT2D eigenvalue weighted by atomic mass is 10.1. The first-order chi connectivity index (χ1) is 14.0. The van der Waals surface area contributed by atoms with Gasteiger partial charge in [-0.3, -0.25) is 9.59 Å². The summed E-state index contributed by atoms with van der Waals surface area (Å²) in [4.78, 5) is 27.7. The highest BCUT2D eigenvalue weighted by Crippen LogP contribution is 2.21. The number of unbranched alkanes of at least 4 members (excludes halogenated alkanes) is 1. The summed E-state index contributed by atoms with van der Waals surface area (Å²) in [6.45, 7) is 4.87. The van der Waals surface area contributed by atoms with Crippen molar-refractivity contribution in [1.82, 2.24) is 10.2 Å². The quantitative estimate of drug-likeness (QED) is 0.518. The summed E-state index contributed by atoms with van der Waals surface area (Å²) in [5.41, 5.74) is 1.63. The van der Waals surface area contributed by atoms with Crippen LogP contribution in [-0.2, 0) is 22.6 Å². The molecule has 2 rings (SSSR count). The molecular weight excluding hydrogens is 407 g/mol. The van der Waals surface area contributed by atoms with E-state index in [1.807, 2.05) is 37.3 Å². The molecule has 2 aromatic rings. The number of benzene rings is 2. The molecule has 0 aliphatic rings. The lowest BCUT2D eigenvalue weighted by molar-refractivity contribution is -0.140. The lowest BCUT2D eigenvalue weighted by Gasteiger charge is -2.31. The Balaban J connectivity index is 2.26. The van der Waals surface area contributed by atoms with Crippen molar-refractivity contribution in [3.8, 4) is 0 Å². The molecule has 0 aromatic heterocycles. The fourth-order valence-electron chi connectivity index (χ4n) is 3.16. The van der Waals surface area contributed by atoms with E-state index in [2.05, 4.69) is 12.2 Å². The molecule has 2 aromatic carbocycles. The SMILES string of the molecule is CCCCNC(=O)[C@@H](CC)N(Cc1ccccc1Cl)C(=O)Cc1cccc(Cl)c1. The van der Waals surface area contributed by atoms with Gasteiger partial charge in [0.25, 0.3) is 0 Å². The number of amides is 2. The van der Waals surface area contributed by atoms with Gasteiger partial charge in [0.1, 0.15) is 6.04 Å². The van der Waals surface area contributed by atoms with E-state index in [9.17, 15) is 9.59 Å². The van der Waals surface area contributed by atoms with E-state index in [1.165, 1.54) is 0 Å². The van der Waals surface area contributed by atoms with Crippen molar-refractivity contribution in [2.45, 2.75) is 52.1 Å². The number of nitrogens with one attached hydrogen (secondary N) is 1. The maximum atomic E-state index is 13.2. The predicted molar refractivity (Wildman–Crippen MR) is 119 cm³/mol. The minimum absolute atomic E-state index is 0.132. The van der Waals surface area contributed by atoms with E-state index in [0.29, 0.717) is 23.0 Å².